The van der Waals surface area contributed by atoms with Crippen molar-refractivity contribution >= 4 is 5.82 Å². The number of nitrogens with two attached hydrogens (primary N) is 1. The highest BCUT2D eigenvalue weighted by molar-refractivity contribution is 5.18. The second-order valence-electron chi connectivity index (χ2n) is 0.999. The third kappa shape index (κ3) is 1.98. The van der Waals surface area contributed by atoms with E-state index in [0.29, 0.717) is 0 Å². The van der Waals surface area contributed by atoms with Gasteiger partial charge in [0.25, 0.3) is 0 Å². The van der Waals surface area contributed by atoms with Crippen LogP contribution in [0.15, 0.2) is 9.42 Å². The summed E-state index contributed by atoms with van der Waals surface area (Å²) in [5.41, 5.74) is 4.41. The summed E-state index contributed by atoms with van der Waals surface area (Å²) >= 11 is 0. The summed E-state index contributed by atoms with van der Waals surface area (Å²) in [5, 5.41) is 4.95. The summed E-state index contributed by atoms with van der Waals surface area (Å²) in [5.74, 6) is -0.139. The number of hydrogen-bond acceptors (Lipinski definition) is 4. The molecule has 0 aliphatic rings. The van der Waals surface area contributed by atoms with Gasteiger partial charge < -0.3 is 5.73 Å². The van der Waals surface area contributed by atoms with Gasteiger partial charge in [-0.2, -0.15) is 5.16 Å². The van der Waals surface area contributed by atoms with Crippen LogP contribution in [-0.2, 0) is 0 Å². The average Bonchev–Trinajstić information content (AvgIpc) is 2.23. The van der Waals surface area contributed by atoms with Crippen molar-refractivity contribution in [3.05, 3.63) is 10.4 Å². The van der Waals surface area contributed by atoms with E-state index in [-0.39, 0.29) is 5.82 Å². The maximum absolute atomic E-state index is 10.1. The Bertz CT molecular complexity index is 202. The van der Waals surface area contributed by atoms with Crippen molar-refractivity contribution in [2.45, 2.75) is 13.8 Å². The summed E-state index contributed by atoms with van der Waals surface area (Å²) in [6.45, 7) is 4.00. The lowest BCUT2D eigenvalue weighted by Crippen LogP contribution is -2.04. The lowest BCUT2D eigenvalue weighted by atomic mass is 10.8. The molecule has 1 heterocycles. The molecule has 0 aromatic carbocycles. The van der Waals surface area contributed by atoms with E-state index in [1.165, 1.54) is 0 Å². The highest BCUT2D eigenvalue weighted by Gasteiger charge is 1.91. The third-order valence-electron chi connectivity index (χ3n) is 0.515. The fourth-order valence-electron chi connectivity index (χ4n) is 0.207. The Labute approximate surface area is 51.8 Å². The molecule has 0 spiro atoms. The van der Waals surface area contributed by atoms with Gasteiger partial charge in [0, 0.05) is 0 Å². The monoisotopic (exact) mass is 131 g/mol. The summed E-state index contributed by atoms with van der Waals surface area (Å²) in [4.78, 5) is 10.1. The smallest absolute Gasteiger partial charge is 0.324 e. The van der Waals surface area contributed by atoms with E-state index in [2.05, 4.69) is 9.79 Å². The molecule has 0 saturated heterocycles. The summed E-state index contributed by atoms with van der Waals surface area (Å²) in [6.07, 6.45) is 0. The first-order valence-electron chi connectivity index (χ1n) is 2.60. The molecule has 3 N–H and O–H groups in total. The minimum atomic E-state index is -0.486. The summed E-state index contributed by atoms with van der Waals surface area (Å²) in [7, 11) is 0. The average molecular weight is 131 g/mol. The third-order valence-corrected chi connectivity index (χ3v) is 0.515. The predicted octanol–water partition coefficient (Wildman–Crippen LogP) is -0.0287. The highest BCUT2D eigenvalue weighted by atomic mass is 16.6. The molecule has 0 bridgehead atoms. The van der Waals surface area contributed by atoms with Crippen LogP contribution in [0.2, 0.25) is 0 Å². The van der Waals surface area contributed by atoms with Crippen molar-refractivity contribution in [3.63, 3.8) is 0 Å². The van der Waals surface area contributed by atoms with Gasteiger partial charge in [-0.3, -0.25) is 9.42 Å². The number of rotatable bonds is 0. The number of hydrogen-bond donors (Lipinski definition) is 2. The van der Waals surface area contributed by atoms with E-state index in [0.717, 1.165) is 0 Å². The van der Waals surface area contributed by atoms with Gasteiger partial charge in [0.1, 0.15) is 0 Å². The van der Waals surface area contributed by atoms with E-state index in [1.807, 2.05) is 19.0 Å². The first-order valence-corrected chi connectivity index (χ1v) is 2.60. The molecule has 52 valence electrons. The number of nitrogen functional groups attached to an aromatic ring is 1. The van der Waals surface area contributed by atoms with E-state index in [9.17, 15) is 4.79 Å². The normalized spacial score (nSPS) is 7.78. The molecule has 0 unspecified atom stereocenters. The van der Waals surface area contributed by atoms with Crippen molar-refractivity contribution in [3.8, 4) is 0 Å². The van der Waals surface area contributed by atoms with E-state index in [4.69, 9.17) is 5.73 Å². The van der Waals surface area contributed by atoms with E-state index >= 15 is 0 Å². The second kappa shape index (κ2) is 3.71. The molecule has 1 rings (SSSR count). The zero-order valence-corrected chi connectivity index (χ0v) is 5.34. The quantitative estimate of drug-likeness (QED) is 0.517. The molecule has 0 atom stereocenters. The highest BCUT2D eigenvalue weighted by Crippen LogP contribution is 1.74. The number of nitrogens with zero attached hydrogens (tertiary/aromatic N) is 1. The number of nitrogens with one attached hydrogen (secondary N) is 1. The SMILES string of the molecule is CC.Nc1no[nH]c1=O. The van der Waals surface area contributed by atoms with Crippen molar-refractivity contribution in [1.82, 2.24) is 10.3 Å². The summed E-state index contributed by atoms with van der Waals surface area (Å²) < 4.78 is 4.03. The lowest BCUT2D eigenvalue weighted by Gasteiger charge is -1.62. The van der Waals surface area contributed by atoms with Crippen molar-refractivity contribution in [2.75, 3.05) is 5.73 Å². The first-order chi connectivity index (χ1) is 4.30. The molecule has 0 aliphatic heterocycles. The van der Waals surface area contributed by atoms with Crippen molar-refractivity contribution in [2.24, 2.45) is 0 Å². The predicted molar refractivity (Wildman–Crippen MR) is 32.9 cm³/mol. The molecular weight excluding hydrogens is 122 g/mol. The molecule has 1 aromatic rings. The Morgan fingerprint density at radius 1 is 1.67 bits per heavy atom. The number of aromatic nitrogens is 2. The van der Waals surface area contributed by atoms with Crippen LogP contribution in [0.4, 0.5) is 5.82 Å². The van der Waals surface area contributed by atoms with Gasteiger partial charge in [0.15, 0.2) is 0 Å². The second-order valence-corrected chi connectivity index (χ2v) is 0.999. The van der Waals surface area contributed by atoms with Crippen LogP contribution in [0, 0.1) is 0 Å². The van der Waals surface area contributed by atoms with Crippen LogP contribution in [0.25, 0.3) is 0 Å². The van der Waals surface area contributed by atoms with Gasteiger partial charge in [-0.1, -0.05) is 13.8 Å². The van der Waals surface area contributed by atoms with Crippen LogP contribution in [0.3, 0.4) is 0 Å². The van der Waals surface area contributed by atoms with Gasteiger partial charge in [-0.25, -0.2) is 0 Å². The molecule has 0 fully saturated rings. The lowest BCUT2D eigenvalue weighted by molar-refractivity contribution is 0.305. The van der Waals surface area contributed by atoms with Gasteiger partial charge >= 0.3 is 5.56 Å². The molecule has 0 amide bonds. The number of aromatic amines is 1. The minimum Gasteiger partial charge on any atom is -0.376 e. The number of H-pyrrole nitrogens is 1. The molecule has 5 heteroatoms. The van der Waals surface area contributed by atoms with E-state index < -0.39 is 5.56 Å². The van der Waals surface area contributed by atoms with Crippen molar-refractivity contribution in [1.29, 1.82) is 0 Å². The Morgan fingerprint density at radius 3 is 2.33 bits per heavy atom. The van der Waals surface area contributed by atoms with Crippen molar-refractivity contribution < 1.29 is 4.63 Å². The Morgan fingerprint density at radius 2 is 2.22 bits per heavy atom. The standard InChI is InChI=1S/C2H3N3O2.C2H6/c3-1-2(6)5-7-4-1;1-2/h(H2,3,4)(H,5,6);1-2H3. The minimum absolute atomic E-state index is 0.139. The molecule has 0 aliphatic carbocycles. The van der Waals surface area contributed by atoms with Crippen LogP contribution in [0.1, 0.15) is 13.8 Å². The van der Waals surface area contributed by atoms with Gasteiger partial charge in [-0.15, -0.1) is 0 Å². The maximum atomic E-state index is 10.1. The van der Waals surface area contributed by atoms with Gasteiger partial charge in [0.05, 0.1) is 0 Å². The fraction of sp³-hybridized carbons (Fsp3) is 0.500. The molecule has 5 nitrogen and oxygen atoms in total. The Balaban J connectivity index is 0.000000291. The van der Waals surface area contributed by atoms with E-state index in [1.54, 1.807) is 0 Å². The van der Waals surface area contributed by atoms with Crippen LogP contribution in [-0.4, -0.2) is 10.3 Å². The fourth-order valence-corrected chi connectivity index (χ4v) is 0.207. The topological polar surface area (TPSA) is 84.9 Å². The number of anilines is 1. The molecule has 9 heavy (non-hydrogen) atoms. The largest absolute Gasteiger partial charge is 0.376 e. The zero-order chi connectivity index (χ0) is 7.28. The van der Waals surface area contributed by atoms with Crippen LogP contribution in [0.5, 0.6) is 0 Å². The van der Waals surface area contributed by atoms with Gasteiger partial charge in [0.2, 0.25) is 5.82 Å². The maximum Gasteiger partial charge on any atom is 0.324 e. The Kier molecular flexibility index (Phi) is 3.19. The van der Waals surface area contributed by atoms with Crippen LogP contribution >= 0.6 is 0 Å². The Hall–Kier alpha value is -1.26. The molecule has 1 aromatic heterocycles. The first kappa shape index (κ1) is 7.74. The summed E-state index contributed by atoms with van der Waals surface area (Å²) in [6, 6.07) is 0. The molecular formula is C4H9N3O2. The molecule has 0 saturated carbocycles. The van der Waals surface area contributed by atoms with Crippen LogP contribution < -0.4 is 11.3 Å². The zero-order valence-electron chi connectivity index (χ0n) is 5.34. The molecule has 0 radical (unpaired) electrons. The van der Waals surface area contributed by atoms with Gasteiger partial charge in [-0.05, 0) is 5.16 Å².